The van der Waals surface area contributed by atoms with Gasteiger partial charge in [0.15, 0.2) is 0 Å². The highest BCUT2D eigenvalue weighted by Gasteiger charge is 2.14. The van der Waals surface area contributed by atoms with Gasteiger partial charge in [-0.3, -0.25) is 9.63 Å². The summed E-state index contributed by atoms with van der Waals surface area (Å²) >= 11 is 11.8. The lowest BCUT2D eigenvalue weighted by molar-refractivity contribution is 0.0538. The van der Waals surface area contributed by atoms with Crippen molar-refractivity contribution in [2.24, 2.45) is 0 Å². The van der Waals surface area contributed by atoms with Crippen molar-refractivity contribution in [3.63, 3.8) is 0 Å². The van der Waals surface area contributed by atoms with Gasteiger partial charge in [0.2, 0.25) is 0 Å². The first-order valence-electron chi connectivity index (χ1n) is 5.72. The lowest BCUT2D eigenvalue weighted by Gasteiger charge is -2.13. The molecule has 5 nitrogen and oxygen atoms in total. The predicted octanol–water partition coefficient (Wildman–Crippen LogP) is 3.56. The largest absolute Gasteiger partial charge is 0.354 e. The number of carbonyl (C=O) groups is 1. The molecule has 1 amide bonds. The van der Waals surface area contributed by atoms with Crippen LogP contribution in [0, 0.1) is 5.82 Å². The molecule has 1 aromatic carbocycles. The molecular formula is C13H10Cl2FN3O2. The van der Waals surface area contributed by atoms with Gasteiger partial charge in [-0.1, -0.05) is 23.2 Å². The number of rotatable bonds is 4. The molecule has 1 heterocycles. The minimum atomic E-state index is -0.601. The molecule has 110 valence electrons. The quantitative estimate of drug-likeness (QED) is 0.665. The van der Waals surface area contributed by atoms with E-state index in [-0.39, 0.29) is 10.7 Å². The summed E-state index contributed by atoms with van der Waals surface area (Å²) < 4.78 is 13.3. The molecule has 0 aliphatic heterocycles. The highest BCUT2D eigenvalue weighted by atomic mass is 35.5. The van der Waals surface area contributed by atoms with Gasteiger partial charge in [0.25, 0.3) is 5.91 Å². The second kappa shape index (κ2) is 6.71. The molecule has 2 aromatic rings. The predicted molar refractivity (Wildman–Crippen MR) is 78.4 cm³/mol. The minimum absolute atomic E-state index is 0.0563. The Bertz CT molecular complexity index is 682. The number of aromatic nitrogens is 1. The molecule has 0 saturated carbocycles. The average molecular weight is 330 g/mol. The topological polar surface area (TPSA) is 63.2 Å². The third kappa shape index (κ3) is 3.81. The van der Waals surface area contributed by atoms with E-state index in [0.717, 1.165) is 6.07 Å². The molecule has 0 fully saturated rings. The van der Waals surface area contributed by atoms with Gasteiger partial charge in [0, 0.05) is 12.3 Å². The third-order valence-electron chi connectivity index (χ3n) is 2.51. The van der Waals surface area contributed by atoms with Crippen molar-refractivity contribution in [1.29, 1.82) is 0 Å². The van der Waals surface area contributed by atoms with E-state index in [1.807, 2.05) is 0 Å². The first-order chi connectivity index (χ1) is 10.0. The van der Waals surface area contributed by atoms with E-state index in [2.05, 4.69) is 20.6 Å². The average Bonchev–Trinajstić information content (AvgIpc) is 2.45. The number of carbonyl (C=O) groups excluding carboxylic acids is 1. The standard InChI is InChI=1S/C13H10Cl2FN3O2/c1-21-19-13(20)8-4-7(16)2-3-10(8)18-11-5-12(15)17-6-9(11)14/h2-6H,1H3,(H,17,18)(H,19,20). The van der Waals surface area contributed by atoms with Crippen LogP contribution in [0.1, 0.15) is 10.4 Å². The number of hydrogen-bond donors (Lipinski definition) is 2. The molecular weight excluding hydrogens is 320 g/mol. The minimum Gasteiger partial charge on any atom is -0.354 e. The molecule has 0 bridgehead atoms. The van der Waals surface area contributed by atoms with Crippen LogP contribution in [-0.2, 0) is 4.84 Å². The van der Waals surface area contributed by atoms with Crippen LogP contribution in [0.5, 0.6) is 0 Å². The summed E-state index contributed by atoms with van der Waals surface area (Å²) in [6, 6.07) is 5.19. The number of nitrogens with one attached hydrogen (secondary N) is 2. The normalized spacial score (nSPS) is 10.3. The molecule has 0 unspecified atom stereocenters. The van der Waals surface area contributed by atoms with Gasteiger partial charge in [-0.25, -0.2) is 14.9 Å². The summed E-state index contributed by atoms with van der Waals surface area (Å²) in [5.74, 6) is -1.16. The van der Waals surface area contributed by atoms with Crippen LogP contribution in [-0.4, -0.2) is 18.0 Å². The molecule has 21 heavy (non-hydrogen) atoms. The summed E-state index contributed by atoms with van der Waals surface area (Å²) in [6.07, 6.45) is 1.37. The first-order valence-corrected chi connectivity index (χ1v) is 6.48. The maximum Gasteiger partial charge on any atom is 0.277 e. The summed E-state index contributed by atoms with van der Waals surface area (Å²) in [6.45, 7) is 0. The van der Waals surface area contributed by atoms with Crippen LogP contribution >= 0.6 is 23.2 Å². The zero-order valence-corrected chi connectivity index (χ0v) is 12.3. The molecule has 0 atom stereocenters. The molecule has 1 aromatic heterocycles. The van der Waals surface area contributed by atoms with Crippen molar-refractivity contribution in [3.8, 4) is 0 Å². The van der Waals surface area contributed by atoms with Crippen molar-refractivity contribution in [2.75, 3.05) is 12.4 Å². The Labute approximate surface area is 130 Å². The van der Waals surface area contributed by atoms with Crippen molar-refractivity contribution < 1.29 is 14.0 Å². The lowest BCUT2D eigenvalue weighted by atomic mass is 10.1. The van der Waals surface area contributed by atoms with Crippen LogP contribution in [0.15, 0.2) is 30.5 Å². The van der Waals surface area contributed by atoms with Gasteiger partial charge in [-0.05, 0) is 18.2 Å². The Hall–Kier alpha value is -1.89. The van der Waals surface area contributed by atoms with E-state index in [1.165, 1.54) is 31.5 Å². The van der Waals surface area contributed by atoms with E-state index in [9.17, 15) is 9.18 Å². The summed E-state index contributed by atoms with van der Waals surface area (Å²) in [5, 5.41) is 3.44. The number of halogens is 3. The third-order valence-corrected chi connectivity index (χ3v) is 3.02. The number of hydroxylamine groups is 1. The Balaban J connectivity index is 2.39. The van der Waals surface area contributed by atoms with Crippen LogP contribution < -0.4 is 10.8 Å². The van der Waals surface area contributed by atoms with Crippen molar-refractivity contribution in [3.05, 3.63) is 52.0 Å². The zero-order chi connectivity index (χ0) is 15.4. The van der Waals surface area contributed by atoms with Gasteiger partial charge in [-0.15, -0.1) is 0 Å². The zero-order valence-electron chi connectivity index (χ0n) is 10.8. The first kappa shape index (κ1) is 15.5. The molecule has 2 rings (SSSR count). The second-order valence-corrected chi connectivity index (χ2v) is 4.73. The molecule has 0 aliphatic rings. The lowest BCUT2D eigenvalue weighted by Crippen LogP contribution is -2.23. The fraction of sp³-hybridized carbons (Fsp3) is 0.0769. The Morgan fingerprint density at radius 1 is 1.29 bits per heavy atom. The van der Waals surface area contributed by atoms with Gasteiger partial charge >= 0.3 is 0 Å². The van der Waals surface area contributed by atoms with E-state index in [4.69, 9.17) is 23.2 Å². The molecule has 8 heteroatoms. The second-order valence-electron chi connectivity index (χ2n) is 3.94. The van der Waals surface area contributed by atoms with Crippen molar-refractivity contribution in [1.82, 2.24) is 10.5 Å². The van der Waals surface area contributed by atoms with Gasteiger partial charge in [-0.2, -0.15) is 0 Å². The van der Waals surface area contributed by atoms with Crippen molar-refractivity contribution >= 4 is 40.5 Å². The fourth-order valence-corrected chi connectivity index (χ4v) is 1.92. The Morgan fingerprint density at radius 3 is 2.76 bits per heavy atom. The van der Waals surface area contributed by atoms with E-state index >= 15 is 0 Å². The smallest absolute Gasteiger partial charge is 0.277 e. The summed E-state index contributed by atoms with van der Waals surface area (Å²) in [5.41, 5.74) is 2.96. The van der Waals surface area contributed by atoms with Gasteiger partial charge in [0.05, 0.1) is 29.1 Å². The maximum atomic E-state index is 13.3. The molecule has 2 N–H and O–H groups in total. The monoisotopic (exact) mass is 329 g/mol. The van der Waals surface area contributed by atoms with Crippen LogP contribution in [0.2, 0.25) is 10.2 Å². The highest BCUT2D eigenvalue weighted by Crippen LogP contribution is 2.28. The van der Waals surface area contributed by atoms with Crippen LogP contribution in [0.4, 0.5) is 15.8 Å². The highest BCUT2D eigenvalue weighted by molar-refractivity contribution is 6.34. The number of amides is 1. The summed E-state index contributed by atoms with van der Waals surface area (Å²) in [7, 11) is 1.28. The number of anilines is 2. The molecule has 0 spiro atoms. The molecule has 0 saturated heterocycles. The maximum absolute atomic E-state index is 13.3. The fourth-order valence-electron chi connectivity index (χ4n) is 1.62. The van der Waals surface area contributed by atoms with Crippen LogP contribution in [0.3, 0.4) is 0 Å². The van der Waals surface area contributed by atoms with Crippen LogP contribution in [0.25, 0.3) is 0 Å². The number of nitrogens with zero attached hydrogens (tertiary/aromatic N) is 1. The van der Waals surface area contributed by atoms with Gasteiger partial charge < -0.3 is 5.32 Å². The molecule has 0 radical (unpaired) electrons. The Kier molecular flexibility index (Phi) is 4.95. The molecule has 0 aliphatic carbocycles. The number of pyridine rings is 1. The van der Waals surface area contributed by atoms with Crippen molar-refractivity contribution in [2.45, 2.75) is 0 Å². The summed E-state index contributed by atoms with van der Waals surface area (Å²) in [4.78, 5) is 20.2. The van der Waals surface area contributed by atoms with E-state index in [1.54, 1.807) is 0 Å². The SMILES string of the molecule is CONC(=O)c1cc(F)ccc1Nc1cc(Cl)ncc1Cl. The number of hydrogen-bond acceptors (Lipinski definition) is 4. The Morgan fingerprint density at radius 2 is 2.05 bits per heavy atom. The number of benzene rings is 1. The van der Waals surface area contributed by atoms with Gasteiger partial charge in [0.1, 0.15) is 11.0 Å². The van der Waals surface area contributed by atoms with E-state index < -0.39 is 11.7 Å². The van der Waals surface area contributed by atoms with E-state index in [0.29, 0.717) is 16.4 Å².